The van der Waals surface area contributed by atoms with Gasteiger partial charge in [0.2, 0.25) is 5.89 Å². The summed E-state index contributed by atoms with van der Waals surface area (Å²) in [5.74, 6) is 1.02. The number of hydrogen-bond acceptors (Lipinski definition) is 4. The molecule has 1 unspecified atom stereocenters. The molecule has 0 spiro atoms. The van der Waals surface area contributed by atoms with E-state index in [0.29, 0.717) is 12.3 Å². The van der Waals surface area contributed by atoms with Crippen molar-refractivity contribution in [3.05, 3.63) is 77.5 Å². The Morgan fingerprint density at radius 1 is 1.00 bits per heavy atom. The van der Waals surface area contributed by atoms with E-state index in [-0.39, 0.29) is 11.8 Å². The smallest absolute Gasteiger partial charge is 0.268 e. The van der Waals surface area contributed by atoms with Crippen LogP contribution in [-0.4, -0.2) is 17.3 Å². The Morgan fingerprint density at radius 2 is 1.68 bits per heavy atom. The van der Waals surface area contributed by atoms with Crippen LogP contribution >= 0.6 is 34.8 Å². The van der Waals surface area contributed by atoms with Crippen molar-refractivity contribution in [1.82, 2.24) is 10.2 Å². The Morgan fingerprint density at radius 3 is 2.24 bits per heavy atom. The van der Waals surface area contributed by atoms with E-state index < -0.39 is 3.79 Å². The predicted octanol–water partition coefficient (Wildman–Crippen LogP) is 5.28. The van der Waals surface area contributed by atoms with Gasteiger partial charge in [-0.2, -0.15) is 0 Å². The molecule has 4 nitrogen and oxygen atoms in total. The highest BCUT2D eigenvalue weighted by Gasteiger charge is 2.32. The van der Waals surface area contributed by atoms with E-state index in [2.05, 4.69) is 10.2 Å². The fourth-order valence-electron chi connectivity index (χ4n) is 2.52. The molecule has 1 heterocycles. The third kappa shape index (κ3) is 4.46. The van der Waals surface area contributed by atoms with Crippen LogP contribution in [0.4, 0.5) is 0 Å². The van der Waals surface area contributed by atoms with Gasteiger partial charge in [0.1, 0.15) is 5.75 Å². The normalized spacial score (nSPS) is 12.8. The van der Waals surface area contributed by atoms with Gasteiger partial charge in [-0.25, -0.2) is 0 Å². The predicted molar refractivity (Wildman–Crippen MR) is 98.5 cm³/mol. The molecule has 0 aliphatic heterocycles. The average molecular weight is 398 g/mol. The molecule has 0 fully saturated rings. The zero-order valence-corrected chi connectivity index (χ0v) is 15.6. The summed E-state index contributed by atoms with van der Waals surface area (Å²) in [7, 11) is 1.64. The number of hydrogen-bond donors (Lipinski definition) is 0. The quantitative estimate of drug-likeness (QED) is 0.550. The van der Waals surface area contributed by atoms with Crippen LogP contribution < -0.4 is 4.74 Å². The highest BCUT2D eigenvalue weighted by atomic mass is 35.6. The topological polar surface area (TPSA) is 48.2 Å². The minimum atomic E-state index is -1.74. The minimum Gasteiger partial charge on any atom is -0.497 e. The molecule has 130 valence electrons. The lowest BCUT2D eigenvalue weighted by molar-refractivity contribution is 0.414. The Balaban J connectivity index is 1.94. The first-order valence-corrected chi connectivity index (χ1v) is 8.69. The van der Waals surface area contributed by atoms with Crippen LogP contribution in [0.25, 0.3) is 0 Å². The van der Waals surface area contributed by atoms with Crippen molar-refractivity contribution < 1.29 is 9.15 Å². The summed E-state index contributed by atoms with van der Waals surface area (Å²) < 4.78 is 9.09. The Bertz CT molecular complexity index is 814. The van der Waals surface area contributed by atoms with Crippen molar-refractivity contribution in [3.8, 4) is 5.75 Å². The van der Waals surface area contributed by atoms with E-state index in [1.54, 1.807) is 7.11 Å². The number of halogens is 3. The van der Waals surface area contributed by atoms with E-state index >= 15 is 0 Å². The number of aromatic nitrogens is 2. The molecule has 2 aromatic carbocycles. The van der Waals surface area contributed by atoms with Crippen molar-refractivity contribution in [3.63, 3.8) is 0 Å². The first-order valence-electron chi connectivity index (χ1n) is 7.56. The molecular weight excluding hydrogens is 383 g/mol. The molecule has 1 aromatic heterocycles. The van der Waals surface area contributed by atoms with Gasteiger partial charge in [0.25, 0.3) is 9.68 Å². The molecule has 3 rings (SSSR count). The summed E-state index contributed by atoms with van der Waals surface area (Å²) >= 11 is 17.5. The third-order valence-corrected chi connectivity index (χ3v) is 4.27. The summed E-state index contributed by atoms with van der Waals surface area (Å²) in [6, 6.07) is 17.7. The first-order chi connectivity index (χ1) is 12.0. The number of rotatable bonds is 5. The van der Waals surface area contributed by atoms with Crippen molar-refractivity contribution in [2.45, 2.75) is 16.1 Å². The molecule has 0 N–H and O–H groups in total. The fourth-order valence-corrected chi connectivity index (χ4v) is 2.75. The van der Waals surface area contributed by atoms with Crippen LogP contribution in [0.1, 0.15) is 28.8 Å². The van der Waals surface area contributed by atoms with Crippen LogP contribution in [0.15, 0.2) is 59.0 Å². The van der Waals surface area contributed by atoms with Crippen molar-refractivity contribution >= 4 is 34.8 Å². The third-order valence-electron chi connectivity index (χ3n) is 3.78. The maximum absolute atomic E-state index is 5.84. The molecule has 0 aliphatic carbocycles. The second-order valence-electron chi connectivity index (χ2n) is 5.46. The molecule has 0 amide bonds. The van der Waals surface area contributed by atoms with E-state index in [9.17, 15) is 0 Å². The Kier molecular flexibility index (Phi) is 5.52. The summed E-state index contributed by atoms with van der Waals surface area (Å²) in [6.07, 6.45) is 0.662. The number of benzene rings is 2. The lowest BCUT2D eigenvalue weighted by atomic mass is 9.92. The highest BCUT2D eigenvalue weighted by Crippen LogP contribution is 2.38. The van der Waals surface area contributed by atoms with Crippen molar-refractivity contribution in [2.24, 2.45) is 0 Å². The van der Waals surface area contributed by atoms with Crippen molar-refractivity contribution in [2.75, 3.05) is 7.11 Å². The van der Waals surface area contributed by atoms with Gasteiger partial charge in [-0.1, -0.05) is 77.3 Å². The van der Waals surface area contributed by atoms with Gasteiger partial charge < -0.3 is 9.15 Å². The first kappa shape index (κ1) is 18.1. The SMILES string of the molecule is COc1ccc(CC(c2ccccc2)c2nnc(C(Cl)(Cl)Cl)o2)cc1. The molecule has 1 atom stereocenters. The van der Waals surface area contributed by atoms with Gasteiger partial charge in [0.05, 0.1) is 13.0 Å². The second-order valence-corrected chi connectivity index (χ2v) is 7.74. The average Bonchev–Trinajstić information content (AvgIpc) is 3.11. The molecule has 3 aromatic rings. The van der Waals surface area contributed by atoms with E-state index in [4.69, 9.17) is 44.0 Å². The zero-order valence-electron chi connectivity index (χ0n) is 13.3. The second kappa shape index (κ2) is 7.65. The van der Waals surface area contributed by atoms with Gasteiger partial charge in [-0.3, -0.25) is 0 Å². The molecule has 0 saturated heterocycles. The maximum atomic E-state index is 5.84. The minimum absolute atomic E-state index is 0.0387. The number of ether oxygens (including phenoxy) is 1. The monoisotopic (exact) mass is 396 g/mol. The van der Waals surface area contributed by atoms with Crippen LogP contribution in [0.5, 0.6) is 5.75 Å². The fraction of sp³-hybridized carbons (Fsp3) is 0.222. The van der Waals surface area contributed by atoms with E-state index in [1.165, 1.54) is 0 Å². The summed E-state index contributed by atoms with van der Waals surface area (Å²) in [4.78, 5) is 0. The van der Waals surface area contributed by atoms with Crippen molar-refractivity contribution in [1.29, 1.82) is 0 Å². The lowest BCUT2D eigenvalue weighted by Gasteiger charge is -2.14. The van der Waals surface area contributed by atoms with Crippen LogP contribution in [0.3, 0.4) is 0 Å². The number of alkyl halides is 3. The van der Waals surface area contributed by atoms with Gasteiger partial charge in [0, 0.05) is 0 Å². The number of nitrogens with zero attached hydrogens (tertiary/aromatic N) is 2. The summed E-state index contributed by atoms with van der Waals surface area (Å²) in [5.41, 5.74) is 2.14. The number of methoxy groups -OCH3 is 1. The zero-order chi connectivity index (χ0) is 17.9. The van der Waals surface area contributed by atoms with Crippen LogP contribution in [0.2, 0.25) is 0 Å². The molecule has 0 radical (unpaired) electrons. The molecular formula is C18H15Cl3N2O2. The maximum Gasteiger partial charge on any atom is 0.268 e. The Labute approximate surface area is 160 Å². The van der Waals surface area contributed by atoms with Gasteiger partial charge in [-0.15, -0.1) is 10.2 Å². The van der Waals surface area contributed by atoms with Gasteiger partial charge in [-0.05, 0) is 29.7 Å². The molecule has 0 aliphatic rings. The largest absolute Gasteiger partial charge is 0.497 e. The van der Waals surface area contributed by atoms with Crippen LogP contribution in [0, 0.1) is 0 Å². The standard InChI is InChI=1S/C18H15Cl3N2O2/c1-24-14-9-7-12(8-10-14)11-15(13-5-3-2-4-6-13)16-22-23-17(25-16)18(19,20)21/h2-10,15H,11H2,1H3. The lowest BCUT2D eigenvalue weighted by Crippen LogP contribution is -2.06. The van der Waals surface area contributed by atoms with Gasteiger partial charge in [0.15, 0.2) is 0 Å². The highest BCUT2D eigenvalue weighted by molar-refractivity contribution is 6.66. The molecule has 0 bridgehead atoms. The molecule has 0 saturated carbocycles. The van der Waals surface area contributed by atoms with Gasteiger partial charge >= 0.3 is 0 Å². The molecule has 7 heteroatoms. The van der Waals surface area contributed by atoms with E-state index in [1.807, 2.05) is 54.6 Å². The summed E-state index contributed by atoms with van der Waals surface area (Å²) in [6.45, 7) is 0. The van der Waals surface area contributed by atoms with E-state index in [0.717, 1.165) is 16.9 Å². The Hall–Kier alpha value is -1.75. The molecule has 25 heavy (non-hydrogen) atoms. The summed E-state index contributed by atoms with van der Waals surface area (Å²) in [5, 5.41) is 7.96. The van der Waals surface area contributed by atoms with Crippen LogP contribution in [-0.2, 0) is 10.2 Å².